The van der Waals surface area contributed by atoms with E-state index in [4.69, 9.17) is 9.47 Å². The molecule has 0 saturated carbocycles. The maximum atomic E-state index is 12.9. The van der Waals surface area contributed by atoms with Gasteiger partial charge in [0.05, 0.1) is 25.2 Å². The summed E-state index contributed by atoms with van der Waals surface area (Å²) in [4.78, 5) is 12.9. The highest BCUT2D eigenvalue weighted by Gasteiger charge is 2.31. The van der Waals surface area contributed by atoms with Gasteiger partial charge in [-0.15, -0.1) is 0 Å². The van der Waals surface area contributed by atoms with Crippen LogP contribution >= 0.6 is 0 Å². The Labute approximate surface area is 179 Å². The van der Waals surface area contributed by atoms with Crippen LogP contribution in [0.25, 0.3) is 0 Å². The Balaban J connectivity index is 2.22. The van der Waals surface area contributed by atoms with E-state index in [1.165, 1.54) is 7.11 Å². The SMILES string of the molecule is CC[C@H](C(=O)NCc1cccc(OC(C)C)c1)N(c1cccc(OC)c1)S(C)(=O)=O. The topological polar surface area (TPSA) is 84.9 Å². The first-order valence-electron chi connectivity index (χ1n) is 9.82. The van der Waals surface area contributed by atoms with Crippen LogP contribution in [0.5, 0.6) is 11.5 Å². The summed E-state index contributed by atoms with van der Waals surface area (Å²) in [5, 5.41) is 2.85. The van der Waals surface area contributed by atoms with Gasteiger partial charge in [-0.1, -0.05) is 25.1 Å². The quantitative estimate of drug-likeness (QED) is 0.620. The van der Waals surface area contributed by atoms with Crippen molar-refractivity contribution >= 4 is 21.6 Å². The van der Waals surface area contributed by atoms with Gasteiger partial charge in [-0.3, -0.25) is 9.10 Å². The van der Waals surface area contributed by atoms with Crippen molar-refractivity contribution in [1.82, 2.24) is 5.32 Å². The number of nitrogens with one attached hydrogen (secondary N) is 1. The third-order valence-corrected chi connectivity index (χ3v) is 5.55. The molecule has 1 N–H and O–H groups in total. The zero-order chi connectivity index (χ0) is 22.3. The number of nitrogens with zero attached hydrogens (tertiary/aromatic N) is 1. The number of carbonyl (C=O) groups is 1. The number of benzene rings is 2. The number of anilines is 1. The first-order valence-corrected chi connectivity index (χ1v) is 11.7. The van der Waals surface area contributed by atoms with Gasteiger partial charge in [0.1, 0.15) is 17.5 Å². The van der Waals surface area contributed by atoms with Gasteiger partial charge in [-0.2, -0.15) is 0 Å². The van der Waals surface area contributed by atoms with E-state index in [0.717, 1.165) is 21.9 Å². The van der Waals surface area contributed by atoms with Gasteiger partial charge in [-0.05, 0) is 50.1 Å². The number of sulfonamides is 1. The Morgan fingerprint density at radius 1 is 1.10 bits per heavy atom. The van der Waals surface area contributed by atoms with Crippen molar-refractivity contribution in [3.05, 3.63) is 54.1 Å². The van der Waals surface area contributed by atoms with E-state index < -0.39 is 16.1 Å². The maximum absolute atomic E-state index is 12.9. The lowest BCUT2D eigenvalue weighted by Crippen LogP contribution is -2.49. The fraction of sp³-hybridized carbons (Fsp3) is 0.409. The van der Waals surface area contributed by atoms with E-state index in [0.29, 0.717) is 17.9 Å². The summed E-state index contributed by atoms with van der Waals surface area (Å²) in [6, 6.07) is 13.2. The Kier molecular flexibility index (Phi) is 8.11. The maximum Gasteiger partial charge on any atom is 0.244 e. The van der Waals surface area contributed by atoms with Crippen LogP contribution in [0.15, 0.2) is 48.5 Å². The molecule has 164 valence electrons. The molecule has 7 nitrogen and oxygen atoms in total. The van der Waals surface area contributed by atoms with E-state index in [2.05, 4.69) is 5.32 Å². The van der Waals surface area contributed by atoms with Crippen LogP contribution in [-0.2, 0) is 21.4 Å². The molecule has 0 fully saturated rings. The molecule has 0 radical (unpaired) electrons. The number of methoxy groups -OCH3 is 1. The Morgan fingerprint density at radius 3 is 2.37 bits per heavy atom. The standard InChI is InChI=1S/C22H30N2O5S/c1-6-21(24(30(5,26)27)18-10-8-11-19(14-18)28-4)22(25)23-15-17-9-7-12-20(13-17)29-16(2)3/h7-14,16,21H,6,15H2,1-5H3,(H,23,25)/t21-/m1/s1. The van der Waals surface area contributed by atoms with Crippen molar-refractivity contribution in [2.45, 2.75) is 45.9 Å². The van der Waals surface area contributed by atoms with Crippen molar-refractivity contribution < 1.29 is 22.7 Å². The highest BCUT2D eigenvalue weighted by molar-refractivity contribution is 7.92. The molecule has 0 aliphatic carbocycles. The molecular formula is C22H30N2O5S. The van der Waals surface area contributed by atoms with E-state index >= 15 is 0 Å². The van der Waals surface area contributed by atoms with E-state index in [1.807, 2.05) is 38.1 Å². The van der Waals surface area contributed by atoms with Gasteiger partial charge >= 0.3 is 0 Å². The molecule has 2 rings (SSSR count). The molecule has 0 bridgehead atoms. The summed E-state index contributed by atoms with van der Waals surface area (Å²) in [6.07, 6.45) is 1.45. The predicted octanol–water partition coefficient (Wildman–Crippen LogP) is 3.34. The molecule has 0 heterocycles. The molecule has 0 saturated heterocycles. The number of carbonyl (C=O) groups excluding carboxylic acids is 1. The molecule has 8 heteroatoms. The Morgan fingerprint density at radius 2 is 1.77 bits per heavy atom. The number of hydrogen-bond acceptors (Lipinski definition) is 5. The van der Waals surface area contributed by atoms with E-state index in [9.17, 15) is 13.2 Å². The van der Waals surface area contributed by atoms with Crippen LogP contribution in [-0.4, -0.2) is 39.8 Å². The number of amides is 1. The monoisotopic (exact) mass is 434 g/mol. The van der Waals surface area contributed by atoms with Gasteiger partial charge in [0.25, 0.3) is 0 Å². The van der Waals surface area contributed by atoms with Crippen molar-refractivity contribution in [1.29, 1.82) is 0 Å². The lowest BCUT2D eigenvalue weighted by molar-refractivity contribution is -0.122. The molecule has 0 aliphatic rings. The van der Waals surface area contributed by atoms with Crippen LogP contribution < -0.4 is 19.1 Å². The van der Waals surface area contributed by atoms with E-state index in [-0.39, 0.29) is 18.6 Å². The largest absolute Gasteiger partial charge is 0.497 e. The first kappa shape index (κ1) is 23.5. The third-order valence-electron chi connectivity index (χ3n) is 4.37. The molecule has 0 aromatic heterocycles. The van der Waals surface area contributed by atoms with Crippen molar-refractivity contribution in [2.75, 3.05) is 17.7 Å². The normalized spacial score (nSPS) is 12.3. The molecule has 0 spiro atoms. The second-order valence-corrected chi connectivity index (χ2v) is 9.08. The van der Waals surface area contributed by atoms with Crippen LogP contribution in [0.4, 0.5) is 5.69 Å². The highest BCUT2D eigenvalue weighted by Crippen LogP contribution is 2.26. The minimum atomic E-state index is -3.71. The van der Waals surface area contributed by atoms with E-state index in [1.54, 1.807) is 31.2 Å². The molecule has 2 aromatic carbocycles. The van der Waals surface area contributed by atoms with Crippen LogP contribution in [0.2, 0.25) is 0 Å². The molecule has 30 heavy (non-hydrogen) atoms. The molecule has 0 unspecified atom stereocenters. The average molecular weight is 435 g/mol. The summed E-state index contributed by atoms with van der Waals surface area (Å²) in [5.41, 5.74) is 1.25. The van der Waals surface area contributed by atoms with Crippen LogP contribution in [0.3, 0.4) is 0 Å². The summed E-state index contributed by atoms with van der Waals surface area (Å²) in [5.74, 6) is 0.859. The zero-order valence-electron chi connectivity index (χ0n) is 18.1. The first-order chi connectivity index (χ1) is 14.2. The van der Waals surface area contributed by atoms with Gasteiger partial charge in [0.15, 0.2) is 0 Å². The second-order valence-electron chi connectivity index (χ2n) is 7.22. The highest BCUT2D eigenvalue weighted by atomic mass is 32.2. The molecule has 1 amide bonds. The minimum Gasteiger partial charge on any atom is -0.497 e. The lowest BCUT2D eigenvalue weighted by Gasteiger charge is -2.30. The average Bonchev–Trinajstić information content (AvgIpc) is 2.69. The summed E-state index contributed by atoms with van der Waals surface area (Å²) in [6.45, 7) is 5.93. The van der Waals surface area contributed by atoms with Crippen molar-refractivity contribution in [3.8, 4) is 11.5 Å². The van der Waals surface area contributed by atoms with Crippen molar-refractivity contribution in [2.24, 2.45) is 0 Å². The Hall–Kier alpha value is -2.74. The fourth-order valence-electron chi connectivity index (χ4n) is 3.12. The smallest absolute Gasteiger partial charge is 0.244 e. The fourth-order valence-corrected chi connectivity index (χ4v) is 4.32. The van der Waals surface area contributed by atoms with Crippen LogP contribution in [0.1, 0.15) is 32.8 Å². The Bertz CT molecular complexity index is 960. The molecular weight excluding hydrogens is 404 g/mol. The summed E-state index contributed by atoms with van der Waals surface area (Å²) >= 11 is 0. The minimum absolute atomic E-state index is 0.0468. The predicted molar refractivity (Wildman–Crippen MR) is 118 cm³/mol. The summed E-state index contributed by atoms with van der Waals surface area (Å²) < 4.78 is 37.1. The summed E-state index contributed by atoms with van der Waals surface area (Å²) in [7, 11) is -2.20. The zero-order valence-corrected chi connectivity index (χ0v) is 18.9. The second kappa shape index (κ2) is 10.3. The number of ether oxygens (including phenoxy) is 2. The molecule has 0 aliphatic heterocycles. The third kappa shape index (κ3) is 6.38. The van der Waals surface area contributed by atoms with Gasteiger partial charge in [-0.25, -0.2) is 8.42 Å². The number of hydrogen-bond donors (Lipinski definition) is 1. The van der Waals surface area contributed by atoms with Crippen molar-refractivity contribution in [3.63, 3.8) is 0 Å². The number of rotatable bonds is 10. The van der Waals surface area contributed by atoms with Gasteiger partial charge in [0, 0.05) is 12.6 Å². The molecule has 2 aromatic rings. The van der Waals surface area contributed by atoms with Gasteiger partial charge in [0.2, 0.25) is 15.9 Å². The van der Waals surface area contributed by atoms with Gasteiger partial charge < -0.3 is 14.8 Å². The lowest BCUT2D eigenvalue weighted by atomic mass is 10.1. The van der Waals surface area contributed by atoms with Crippen LogP contribution in [0, 0.1) is 0 Å². The molecule has 1 atom stereocenters.